The van der Waals surface area contributed by atoms with Gasteiger partial charge in [0.05, 0.1) is 6.61 Å². The van der Waals surface area contributed by atoms with Crippen LogP contribution in [0.25, 0.3) is 0 Å². The number of unbranched alkanes of at least 4 members (excludes halogenated alkanes) is 1. The molecule has 1 aromatic rings. The van der Waals surface area contributed by atoms with Crippen LogP contribution in [-0.2, 0) is 5.41 Å². The minimum Gasteiger partial charge on any atom is -0.494 e. The number of hydrogen-bond donors (Lipinski definition) is 1. The Balaban J connectivity index is 2.34. The van der Waals surface area contributed by atoms with Gasteiger partial charge in [-0.25, -0.2) is 0 Å². The van der Waals surface area contributed by atoms with Gasteiger partial charge < -0.3 is 10.1 Å². The molecule has 0 spiro atoms. The molecule has 0 bridgehead atoms. The molecule has 0 fully saturated rings. The Bertz CT molecular complexity index is 341. The van der Waals surface area contributed by atoms with Gasteiger partial charge in [0, 0.05) is 0 Å². The second-order valence-corrected chi connectivity index (χ2v) is 5.69. The summed E-state index contributed by atoms with van der Waals surface area (Å²) in [4.78, 5) is 0. The Morgan fingerprint density at radius 1 is 1.17 bits per heavy atom. The maximum Gasteiger partial charge on any atom is 0.119 e. The average molecular weight is 249 g/mol. The molecule has 18 heavy (non-hydrogen) atoms. The van der Waals surface area contributed by atoms with Crippen molar-refractivity contribution in [1.82, 2.24) is 5.32 Å². The molecule has 0 aliphatic heterocycles. The number of benzene rings is 1. The predicted octanol–water partition coefficient (Wildman–Crippen LogP) is 3.75. The average Bonchev–Trinajstić information content (AvgIpc) is 2.33. The van der Waals surface area contributed by atoms with Crippen molar-refractivity contribution in [3.8, 4) is 5.75 Å². The maximum absolute atomic E-state index is 5.79. The molecular formula is C16H27NO. The van der Waals surface area contributed by atoms with Crippen molar-refractivity contribution in [2.45, 2.75) is 46.0 Å². The van der Waals surface area contributed by atoms with Gasteiger partial charge in [0.1, 0.15) is 5.75 Å². The van der Waals surface area contributed by atoms with E-state index in [1.165, 1.54) is 12.0 Å². The minimum atomic E-state index is 0.185. The van der Waals surface area contributed by atoms with E-state index in [1.54, 1.807) is 0 Å². The second kappa shape index (κ2) is 7.42. The largest absolute Gasteiger partial charge is 0.494 e. The Hall–Kier alpha value is -1.02. The first-order chi connectivity index (χ1) is 8.54. The van der Waals surface area contributed by atoms with Gasteiger partial charge in [0.15, 0.2) is 0 Å². The Morgan fingerprint density at radius 3 is 2.61 bits per heavy atom. The van der Waals surface area contributed by atoms with E-state index in [0.717, 1.165) is 31.9 Å². The Kier molecular flexibility index (Phi) is 6.20. The van der Waals surface area contributed by atoms with Crippen LogP contribution in [0.3, 0.4) is 0 Å². The van der Waals surface area contributed by atoms with Gasteiger partial charge in [0.2, 0.25) is 0 Å². The molecule has 2 heteroatoms. The summed E-state index contributed by atoms with van der Waals surface area (Å²) in [6.07, 6.45) is 2.28. The van der Waals surface area contributed by atoms with Crippen LogP contribution in [0.1, 0.15) is 46.1 Å². The third-order valence-electron chi connectivity index (χ3n) is 2.97. The van der Waals surface area contributed by atoms with Crippen molar-refractivity contribution in [3.05, 3.63) is 29.8 Å². The van der Waals surface area contributed by atoms with Gasteiger partial charge in [-0.05, 0) is 49.0 Å². The van der Waals surface area contributed by atoms with E-state index in [9.17, 15) is 0 Å². The predicted molar refractivity (Wildman–Crippen MR) is 78.4 cm³/mol. The fourth-order valence-electron chi connectivity index (χ4n) is 1.77. The smallest absolute Gasteiger partial charge is 0.119 e. The summed E-state index contributed by atoms with van der Waals surface area (Å²) in [7, 11) is 0. The van der Waals surface area contributed by atoms with E-state index >= 15 is 0 Å². The molecule has 0 aliphatic rings. The molecule has 0 aromatic heterocycles. The highest BCUT2D eigenvalue weighted by atomic mass is 16.5. The maximum atomic E-state index is 5.79. The van der Waals surface area contributed by atoms with E-state index in [2.05, 4.69) is 51.2 Å². The first-order valence-corrected chi connectivity index (χ1v) is 6.98. The molecule has 1 rings (SSSR count). The summed E-state index contributed by atoms with van der Waals surface area (Å²) in [5, 5.41) is 3.32. The first kappa shape index (κ1) is 15.0. The van der Waals surface area contributed by atoms with Crippen LogP contribution in [0.2, 0.25) is 0 Å². The summed E-state index contributed by atoms with van der Waals surface area (Å²) < 4.78 is 5.79. The topological polar surface area (TPSA) is 21.3 Å². The van der Waals surface area contributed by atoms with Crippen molar-refractivity contribution >= 4 is 0 Å². The van der Waals surface area contributed by atoms with Crippen molar-refractivity contribution in [2.75, 3.05) is 19.7 Å². The molecule has 0 unspecified atom stereocenters. The molecule has 1 N–H and O–H groups in total. The molecule has 2 nitrogen and oxygen atoms in total. The third kappa shape index (κ3) is 5.54. The monoisotopic (exact) mass is 249 g/mol. The van der Waals surface area contributed by atoms with Crippen molar-refractivity contribution in [3.63, 3.8) is 0 Å². The van der Waals surface area contributed by atoms with Gasteiger partial charge >= 0.3 is 0 Å². The SMILES string of the molecule is CCNCCCCOc1cccc(C(C)(C)C)c1. The van der Waals surface area contributed by atoms with Crippen molar-refractivity contribution in [2.24, 2.45) is 0 Å². The molecule has 0 radical (unpaired) electrons. The number of nitrogens with one attached hydrogen (secondary N) is 1. The second-order valence-electron chi connectivity index (χ2n) is 5.69. The summed E-state index contributed by atoms with van der Waals surface area (Å²) in [6.45, 7) is 11.7. The molecule has 0 saturated heterocycles. The molecular weight excluding hydrogens is 222 g/mol. The van der Waals surface area contributed by atoms with Crippen LogP contribution in [0.5, 0.6) is 5.75 Å². The van der Waals surface area contributed by atoms with Crippen LogP contribution in [0.15, 0.2) is 24.3 Å². The lowest BCUT2D eigenvalue weighted by atomic mass is 9.87. The highest BCUT2D eigenvalue weighted by molar-refractivity contribution is 5.32. The summed E-state index contributed by atoms with van der Waals surface area (Å²) in [5.74, 6) is 0.992. The summed E-state index contributed by atoms with van der Waals surface area (Å²) in [5.41, 5.74) is 1.51. The van der Waals surface area contributed by atoms with Crippen molar-refractivity contribution < 1.29 is 4.74 Å². The first-order valence-electron chi connectivity index (χ1n) is 6.98. The van der Waals surface area contributed by atoms with E-state index in [-0.39, 0.29) is 5.41 Å². The van der Waals surface area contributed by atoms with Gasteiger partial charge in [-0.3, -0.25) is 0 Å². The Labute approximate surface area is 112 Å². The fourth-order valence-corrected chi connectivity index (χ4v) is 1.77. The zero-order valence-corrected chi connectivity index (χ0v) is 12.3. The van der Waals surface area contributed by atoms with Gasteiger partial charge in [-0.2, -0.15) is 0 Å². The summed E-state index contributed by atoms with van der Waals surface area (Å²) in [6, 6.07) is 8.44. The van der Waals surface area contributed by atoms with E-state index in [1.807, 2.05) is 6.07 Å². The standard InChI is InChI=1S/C16H27NO/c1-5-17-11-6-7-12-18-15-10-8-9-14(13-15)16(2,3)4/h8-10,13,17H,5-7,11-12H2,1-4H3. The van der Waals surface area contributed by atoms with Gasteiger partial charge in [0.25, 0.3) is 0 Å². The fraction of sp³-hybridized carbons (Fsp3) is 0.625. The molecule has 0 atom stereocenters. The lowest BCUT2D eigenvalue weighted by molar-refractivity contribution is 0.305. The Morgan fingerprint density at radius 2 is 1.94 bits per heavy atom. The normalized spacial score (nSPS) is 11.6. The third-order valence-corrected chi connectivity index (χ3v) is 2.97. The van der Waals surface area contributed by atoms with Crippen LogP contribution < -0.4 is 10.1 Å². The quantitative estimate of drug-likeness (QED) is 0.743. The molecule has 1 aromatic carbocycles. The molecule has 0 amide bonds. The zero-order valence-electron chi connectivity index (χ0n) is 12.3. The number of hydrogen-bond acceptors (Lipinski definition) is 2. The highest BCUT2D eigenvalue weighted by Crippen LogP contribution is 2.25. The number of ether oxygens (including phenoxy) is 1. The zero-order chi connectivity index (χ0) is 13.4. The van der Waals surface area contributed by atoms with Crippen LogP contribution in [-0.4, -0.2) is 19.7 Å². The number of rotatable bonds is 7. The van der Waals surface area contributed by atoms with E-state index in [4.69, 9.17) is 4.74 Å². The summed E-state index contributed by atoms with van der Waals surface area (Å²) >= 11 is 0. The van der Waals surface area contributed by atoms with Crippen LogP contribution in [0, 0.1) is 0 Å². The minimum absolute atomic E-state index is 0.185. The lowest BCUT2D eigenvalue weighted by Crippen LogP contribution is -2.14. The molecule has 0 aliphatic carbocycles. The highest BCUT2D eigenvalue weighted by Gasteiger charge is 2.13. The van der Waals surface area contributed by atoms with E-state index in [0.29, 0.717) is 0 Å². The molecule has 0 saturated carbocycles. The van der Waals surface area contributed by atoms with Crippen LogP contribution in [0.4, 0.5) is 0 Å². The van der Waals surface area contributed by atoms with Crippen molar-refractivity contribution in [1.29, 1.82) is 0 Å². The van der Waals surface area contributed by atoms with Gasteiger partial charge in [-0.1, -0.05) is 39.8 Å². The lowest BCUT2D eigenvalue weighted by Gasteiger charge is -2.19. The van der Waals surface area contributed by atoms with Gasteiger partial charge in [-0.15, -0.1) is 0 Å². The van der Waals surface area contributed by atoms with E-state index < -0.39 is 0 Å². The van der Waals surface area contributed by atoms with Crippen LogP contribution >= 0.6 is 0 Å². The molecule has 0 heterocycles. The molecule has 102 valence electrons.